The maximum Gasteiger partial charge on any atom is 0.414 e. The van der Waals surface area contributed by atoms with Crippen LogP contribution in [-0.4, -0.2) is 47.1 Å². The van der Waals surface area contributed by atoms with E-state index in [-0.39, 0.29) is 23.9 Å². The zero-order chi connectivity index (χ0) is 35.9. The maximum absolute atomic E-state index is 16.1. The molecule has 2 aromatic carbocycles. The molecule has 1 unspecified atom stereocenters. The summed E-state index contributed by atoms with van der Waals surface area (Å²) in [5.74, 6) is -1.66. The number of ether oxygens (including phenoxy) is 1. The predicted molar refractivity (Wildman–Crippen MR) is 190 cm³/mol. The van der Waals surface area contributed by atoms with Crippen LogP contribution < -0.4 is 14.4 Å². The third-order valence-electron chi connectivity index (χ3n) is 8.50. The van der Waals surface area contributed by atoms with Gasteiger partial charge in [0.1, 0.15) is 22.4 Å². The van der Waals surface area contributed by atoms with Gasteiger partial charge in [-0.2, -0.15) is 13.2 Å². The Hall–Kier alpha value is -3.90. The molecule has 50 heavy (non-hydrogen) atoms. The van der Waals surface area contributed by atoms with Gasteiger partial charge in [-0.15, -0.1) is 0 Å². The Kier molecular flexibility index (Phi) is 11.9. The lowest BCUT2D eigenvalue weighted by Crippen LogP contribution is -2.35. The number of rotatable bonds is 7. The highest BCUT2D eigenvalue weighted by Gasteiger charge is 2.38. The molecule has 4 bridgehead atoms. The van der Waals surface area contributed by atoms with Crippen molar-refractivity contribution in [2.24, 2.45) is 5.41 Å². The molecule has 3 heterocycles. The van der Waals surface area contributed by atoms with Crippen molar-refractivity contribution in [1.82, 2.24) is 9.97 Å². The molecular formula is C38H43F5N4O2S. The molecule has 0 amide bonds. The SMILES string of the molecule is CC(C)(C)CCOc1cccc(-c2ccc3nc2-c2ccccc2C(F)(F)CCCCCN(CCC(O)C(F)(F)F)c2cccc(n2)SN3)c1. The van der Waals surface area contributed by atoms with Crippen LogP contribution in [0, 0.1) is 5.41 Å². The van der Waals surface area contributed by atoms with E-state index in [0.29, 0.717) is 65.2 Å². The van der Waals surface area contributed by atoms with E-state index >= 15 is 8.78 Å². The maximum atomic E-state index is 16.1. The summed E-state index contributed by atoms with van der Waals surface area (Å²) >= 11 is 1.15. The third-order valence-corrected chi connectivity index (χ3v) is 9.25. The van der Waals surface area contributed by atoms with Crippen LogP contribution in [-0.2, 0) is 5.92 Å². The molecule has 1 atom stereocenters. The minimum absolute atomic E-state index is 0.103. The van der Waals surface area contributed by atoms with Gasteiger partial charge in [-0.25, -0.2) is 18.7 Å². The second-order valence-corrected chi connectivity index (χ2v) is 14.5. The lowest BCUT2D eigenvalue weighted by molar-refractivity contribution is -0.204. The number of halogens is 5. The molecular weight excluding hydrogens is 672 g/mol. The van der Waals surface area contributed by atoms with Gasteiger partial charge >= 0.3 is 6.18 Å². The summed E-state index contributed by atoms with van der Waals surface area (Å²) < 4.78 is 80.7. The van der Waals surface area contributed by atoms with Crippen LogP contribution in [0.3, 0.4) is 0 Å². The van der Waals surface area contributed by atoms with Crippen molar-refractivity contribution >= 4 is 23.6 Å². The molecule has 4 aromatic rings. The van der Waals surface area contributed by atoms with E-state index in [0.717, 1.165) is 23.9 Å². The average molecular weight is 715 g/mol. The van der Waals surface area contributed by atoms with E-state index in [2.05, 4.69) is 30.5 Å². The summed E-state index contributed by atoms with van der Waals surface area (Å²) in [6, 6.07) is 22.8. The molecule has 0 fully saturated rings. The number of aromatic nitrogens is 2. The number of nitrogens with one attached hydrogen (secondary N) is 1. The number of fused-ring (bicyclic) bond motifs is 6. The predicted octanol–water partition coefficient (Wildman–Crippen LogP) is 10.5. The second kappa shape index (κ2) is 16.0. The second-order valence-electron chi connectivity index (χ2n) is 13.7. The number of benzene rings is 2. The van der Waals surface area contributed by atoms with Crippen LogP contribution in [0.2, 0.25) is 0 Å². The quantitative estimate of drug-likeness (QED) is 0.146. The van der Waals surface area contributed by atoms with E-state index in [1.54, 1.807) is 47.4 Å². The van der Waals surface area contributed by atoms with E-state index in [1.165, 1.54) is 6.07 Å². The number of alkyl halides is 5. The fraction of sp³-hybridized carbons (Fsp3) is 0.421. The van der Waals surface area contributed by atoms with E-state index in [9.17, 15) is 18.3 Å². The van der Waals surface area contributed by atoms with Crippen LogP contribution in [0.4, 0.5) is 33.6 Å². The summed E-state index contributed by atoms with van der Waals surface area (Å²) in [7, 11) is 0. The Balaban J connectivity index is 1.51. The van der Waals surface area contributed by atoms with Gasteiger partial charge < -0.3 is 19.5 Å². The van der Waals surface area contributed by atoms with Crippen molar-refractivity contribution in [2.75, 3.05) is 29.3 Å². The topological polar surface area (TPSA) is 70.5 Å². The van der Waals surface area contributed by atoms with Crippen molar-refractivity contribution in [1.29, 1.82) is 0 Å². The summed E-state index contributed by atoms with van der Waals surface area (Å²) in [6.45, 7) is 7.18. The Morgan fingerprint density at radius 1 is 0.920 bits per heavy atom. The van der Waals surface area contributed by atoms with Gasteiger partial charge in [0, 0.05) is 48.1 Å². The van der Waals surface area contributed by atoms with E-state index in [4.69, 9.17) is 9.72 Å². The Morgan fingerprint density at radius 3 is 2.48 bits per heavy atom. The van der Waals surface area contributed by atoms with Crippen LogP contribution in [0.1, 0.15) is 64.9 Å². The van der Waals surface area contributed by atoms with Gasteiger partial charge in [0.2, 0.25) is 0 Å². The van der Waals surface area contributed by atoms with Crippen molar-refractivity contribution in [3.05, 3.63) is 84.4 Å². The first-order valence-corrected chi connectivity index (χ1v) is 17.6. The van der Waals surface area contributed by atoms with Crippen molar-refractivity contribution in [3.63, 3.8) is 0 Å². The summed E-state index contributed by atoms with van der Waals surface area (Å²) in [5.41, 5.74) is 2.13. The van der Waals surface area contributed by atoms with E-state index < -0.39 is 31.0 Å². The number of hydrogen-bond donors (Lipinski definition) is 2. The number of nitrogens with zero attached hydrogens (tertiary/aromatic N) is 3. The molecule has 0 radical (unpaired) electrons. The minimum Gasteiger partial charge on any atom is -0.494 e. The molecule has 5 rings (SSSR count). The zero-order valence-corrected chi connectivity index (χ0v) is 29.3. The highest BCUT2D eigenvalue weighted by molar-refractivity contribution is 8.00. The Bertz CT molecular complexity index is 1730. The Labute approximate surface area is 294 Å². The lowest BCUT2D eigenvalue weighted by Gasteiger charge is -2.26. The Morgan fingerprint density at radius 2 is 1.70 bits per heavy atom. The summed E-state index contributed by atoms with van der Waals surface area (Å²) in [6.07, 6.45) is -6.23. The average Bonchev–Trinajstić information content (AvgIpc) is 3.07. The lowest BCUT2D eigenvalue weighted by atomic mass is 9.91. The molecule has 0 aliphatic carbocycles. The first-order chi connectivity index (χ1) is 23.7. The van der Waals surface area contributed by atoms with Crippen LogP contribution in [0.15, 0.2) is 83.9 Å². The third kappa shape index (κ3) is 10.1. The van der Waals surface area contributed by atoms with Crippen molar-refractivity contribution in [3.8, 4) is 28.1 Å². The number of pyridine rings is 2. The minimum atomic E-state index is -4.74. The number of anilines is 2. The normalized spacial score (nSPS) is 16.1. The smallest absolute Gasteiger partial charge is 0.414 e. The van der Waals surface area contributed by atoms with Crippen molar-refractivity contribution < 1.29 is 31.8 Å². The molecule has 0 saturated carbocycles. The molecule has 1 aliphatic heterocycles. The molecule has 6 nitrogen and oxygen atoms in total. The van der Waals surface area contributed by atoms with E-state index in [1.807, 2.05) is 30.3 Å². The van der Waals surface area contributed by atoms with Gasteiger partial charge in [0.15, 0.2) is 6.10 Å². The van der Waals surface area contributed by atoms with Gasteiger partial charge in [0.25, 0.3) is 5.92 Å². The van der Waals surface area contributed by atoms with Crippen LogP contribution in [0.25, 0.3) is 22.4 Å². The molecule has 2 N–H and O–H groups in total. The first kappa shape index (κ1) is 37.4. The molecule has 0 spiro atoms. The molecule has 0 saturated heterocycles. The number of aliphatic hydroxyl groups excluding tert-OH is 1. The highest BCUT2D eigenvalue weighted by atomic mass is 32.2. The fourth-order valence-corrected chi connectivity index (χ4v) is 6.29. The van der Waals surface area contributed by atoms with Gasteiger partial charge in [0.05, 0.1) is 12.3 Å². The fourth-order valence-electron chi connectivity index (χ4n) is 5.68. The molecule has 2 aromatic heterocycles. The standard InChI is InChI=1S/C38H43F5N4O2S/c1-36(2,3)21-24-49-27-12-9-11-26(25-27)28-17-18-32-44-35(28)29-13-5-6-14-30(29)37(39,40)20-7-4-8-22-47(23-19-31(48)38(41,42)43)33-15-10-16-34(45-33)50-46-32/h5-6,9-18,25,31,48H,4,7-8,19-24H2,1-3H3,(H,44,46). The summed E-state index contributed by atoms with van der Waals surface area (Å²) in [4.78, 5) is 11.2. The highest BCUT2D eigenvalue weighted by Crippen LogP contribution is 2.43. The molecule has 12 heteroatoms. The van der Waals surface area contributed by atoms with Crippen LogP contribution in [0.5, 0.6) is 5.75 Å². The van der Waals surface area contributed by atoms with Crippen LogP contribution >= 0.6 is 11.9 Å². The van der Waals surface area contributed by atoms with Crippen molar-refractivity contribution in [2.45, 2.75) is 82.5 Å². The largest absolute Gasteiger partial charge is 0.494 e. The van der Waals surface area contributed by atoms with Gasteiger partial charge in [-0.05, 0) is 73.1 Å². The van der Waals surface area contributed by atoms with Gasteiger partial charge in [-0.3, -0.25) is 0 Å². The van der Waals surface area contributed by atoms with Gasteiger partial charge in [-0.1, -0.05) is 69.7 Å². The number of hydrogen-bond acceptors (Lipinski definition) is 7. The zero-order valence-electron chi connectivity index (χ0n) is 28.4. The molecule has 268 valence electrons. The monoisotopic (exact) mass is 714 g/mol. The molecule has 1 aliphatic rings. The first-order valence-electron chi connectivity index (χ1n) is 16.8. The number of aliphatic hydroxyl groups is 1. The summed E-state index contributed by atoms with van der Waals surface area (Å²) in [5, 5.41) is 10.2.